The first-order valence-electron chi connectivity index (χ1n) is 7.17. The Labute approximate surface area is 134 Å². The van der Waals surface area contributed by atoms with Gasteiger partial charge in [0.05, 0.1) is 13.2 Å². The Hall–Kier alpha value is -2.32. The molecule has 3 aromatic rings. The molecule has 0 radical (unpaired) electrons. The summed E-state index contributed by atoms with van der Waals surface area (Å²) in [4.78, 5) is 18.6. The maximum Gasteiger partial charge on any atom is 0.275 e. The van der Waals surface area contributed by atoms with Gasteiger partial charge in [-0.2, -0.15) is 4.52 Å². The highest BCUT2D eigenvalue weighted by atomic mass is 32.1. The Kier molecular flexibility index (Phi) is 3.55. The smallest absolute Gasteiger partial charge is 0.275 e. The van der Waals surface area contributed by atoms with E-state index in [4.69, 9.17) is 4.74 Å². The number of benzene rings is 1. The number of anilines is 1. The van der Waals surface area contributed by atoms with Crippen LogP contribution in [0.15, 0.2) is 41.3 Å². The number of morpholine rings is 1. The Morgan fingerprint density at radius 1 is 1.26 bits per heavy atom. The highest BCUT2D eigenvalue weighted by Crippen LogP contribution is 2.28. The quantitative estimate of drug-likeness (QED) is 0.717. The zero-order valence-corrected chi connectivity index (χ0v) is 12.9. The van der Waals surface area contributed by atoms with Gasteiger partial charge in [0.1, 0.15) is 11.9 Å². The molecule has 0 aliphatic carbocycles. The molecule has 4 rings (SSSR count). The van der Waals surface area contributed by atoms with Gasteiger partial charge in [-0.3, -0.25) is 4.79 Å². The average molecular weight is 332 g/mol. The zero-order chi connectivity index (χ0) is 15.8. The van der Waals surface area contributed by atoms with Gasteiger partial charge in [0.25, 0.3) is 5.56 Å². The molecule has 3 heterocycles. The third-order valence-electron chi connectivity index (χ3n) is 3.74. The molecule has 0 spiro atoms. The van der Waals surface area contributed by atoms with E-state index < -0.39 is 0 Å². The number of hydrogen-bond donors (Lipinski definition) is 0. The number of nitrogens with zero attached hydrogens (tertiary/aromatic N) is 4. The van der Waals surface area contributed by atoms with Gasteiger partial charge >= 0.3 is 0 Å². The second-order valence-corrected chi connectivity index (χ2v) is 6.15. The maximum atomic E-state index is 13.1. The normalized spacial score (nSPS) is 18.5. The predicted octanol–water partition coefficient (Wildman–Crippen LogP) is 1.87. The van der Waals surface area contributed by atoms with Gasteiger partial charge in [0, 0.05) is 18.8 Å². The van der Waals surface area contributed by atoms with Crippen molar-refractivity contribution in [1.82, 2.24) is 14.6 Å². The lowest BCUT2D eigenvalue weighted by Crippen LogP contribution is -2.38. The summed E-state index contributed by atoms with van der Waals surface area (Å²) in [5, 5.41) is 5.08. The monoisotopic (exact) mass is 332 g/mol. The molecule has 6 nitrogen and oxygen atoms in total. The number of aromatic nitrogens is 3. The van der Waals surface area contributed by atoms with Crippen LogP contribution in [0.4, 0.5) is 9.52 Å². The maximum absolute atomic E-state index is 13.1. The number of halogens is 1. The summed E-state index contributed by atoms with van der Waals surface area (Å²) in [6.45, 7) is 1.83. The standard InChI is InChI=1S/C15H13FN4O2S/c16-11-3-1-10(2-4-11)12-9-19(7-8-22-12)15-18-20-13(21)5-6-17-14(20)23-15/h1-6,12H,7-9H2. The van der Waals surface area contributed by atoms with Crippen molar-refractivity contribution in [1.29, 1.82) is 0 Å². The molecule has 0 amide bonds. The summed E-state index contributed by atoms with van der Waals surface area (Å²) in [5.74, 6) is -0.266. The molecule has 2 aromatic heterocycles. The number of ether oxygens (including phenoxy) is 1. The Bertz CT molecular complexity index is 892. The van der Waals surface area contributed by atoms with Gasteiger partial charge in [0.2, 0.25) is 10.1 Å². The van der Waals surface area contributed by atoms with Gasteiger partial charge in [-0.25, -0.2) is 9.37 Å². The van der Waals surface area contributed by atoms with Crippen molar-refractivity contribution in [2.75, 3.05) is 24.6 Å². The van der Waals surface area contributed by atoms with Crippen LogP contribution in [-0.2, 0) is 4.74 Å². The molecule has 0 N–H and O–H groups in total. The summed E-state index contributed by atoms with van der Waals surface area (Å²) >= 11 is 1.37. The molecule has 8 heteroatoms. The van der Waals surface area contributed by atoms with E-state index in [0.717, 1.165) is 10.7 Å². The Balaban J connectivity index is 1.62. The van der Waals surface area contributed by atoms with Crippen LogP contribution in [0.2, 0.25) is 0 Å². The van der Waals surface area contributed by atoms with Crippen LogP contribution in [0, 0.1) is 5.82 Å². The lowest BCUT2D eigenvalue weighted by molar-refractivity contribution is 0.0397. The van der Waals surface area contributed by atoms with Crippen molar-refractivity contribution >= 4 is 21.4 Å². The molecule has 1 aromatic carbocycles. The molecule has 1 unspecified atom stereocenters. The summed E-state index contributed by atoms with van der Waals surface area (Å²) in [7, 11) is 0. The van der Waals surface area contributed by atoms with Gasteiger partial charge in [-0.1, -0.05) is 23.5 Å². The Morgan fingerprint density at radius 3 is 2.87 bits per heavy atom. The number of hydrogen-bond acceptors (Lipinski definition) is 6. The van der Waals surface area contributed by atoms with Crippen molar-refractivity contribution < 1.29 is 9.13 Å². The van der Waals surface area contributed by atoms with E-state index in [0.29, 0.717) is 24.7 Å². The highest BCUT2D eigenvalue weighted by molar-refractivity contribution is 7.20. The van der Waals surface area contributed by atoms with Crippen LogP contribution in [-0.4, -0.2) is 34.3 Å². The minimum atomic E-state index is -0.266. The van der Waals surface area contributed by atoms with Crippen LogP contribution >= 0.6 is 11.3 Å². The molecule has 1 aliphatic heterocycles. The van der Waals surface area contributed by atoms with Gasteiger partial charge in [0.15, 0.2) is 0 Å². The number of fused-ring (bicyclic) bond motifs is 1. The zero-order valence-electron chi connectivity index (χ0n) is 12.1. The van der Waals surface area contributed by atoms with E-state index in [1.165, 1.54) is 40.2 Å². The van der Waals surface area contributed by atoms with E-state index in [9.17, 15) is 9.18 Å². The SMILES string of the molecule is O=c1ccnc2sc(N3CCOC(c4ccc(F)cc4)C3)nn12. The van der Waals surface area contributed by atoms with Crippen LogP contribution in [0.5, 0.6) is 0 Å². The van der Waals surface area contributed by atoms with Crippen molar-refractivity contribution in [3.8, 4) is 0 Å². The topological polar surface area (TPSA) is 59.7 Å². The van der Waals surface area contributed by atoms with Crippen molar-refractivity contribution in [3.05, 3.63) is 58.3 Å². The van der Waals surface area contributed by atoms with Crippen LogP contribution in [0.1, 0.15) is 11.7 Å². The van der Waals surface area contributed by atoms with Crippen molar-refractivity contribution in [2.45, 2.75) is 6.10 Å². The summed E-state index contributed by atoms with van der Waals surface area (Å²) in [6.07, 6.45) is 1.33. The van der Waals surface area contributed by atoms with Gasteiger partial charge in [-0.05, 0) is 17.7 Å². The predicted molar refractivity (Wildman–Crippen MR) is 84.4 cm³/mol. The third-order valence-corrected chi connectivity index (χ3v) is 4.72. The lowest BCUT2D eigenvalue weighted by atomic mass is 10.1. The second-order valence-electron chi connectivity index (χ2n) is 5.22. The molecule has 118 valence electrons. The summed E-state index contributed by atoms with van der Waals surface area (Å²) in [6, 6.07) is 7.70. The van der Waals surface area contributed by atoms with Crippen LogP contribution < -0.4 is 10.5 Å². The fourth-order valence-electron chi connectivity index (χ4n) is 2.56. The van der Waals surface area contributed by atoms with Crippen LogP contribution in [0.3, 0.4) is 0 Å². The largest absolute Gasteiger partial charge is 0.370 e. The fraction of sp³-hybridized carbons (Fsp3) is 0.267. The molecule has 0 bridgehead atoms. The van der Waals surface area contributed by atoms with Crippen molar-refractivity contribution in [2.24, 2.45) is 0 Å². The van der Waals surface area contributed by atoms with E-state index in [1.54, 1.807) is 12.1 Å². The molecular weight excluding hydrogens is 319 g/mol. The lowest BCUT2D eigenvalue weighted by Gasteiger charge is -2.32. The minimum Gasteiger partial charge on any atom is -0.370 e. The van der Waals surface area contributed by atoms with E-state index in [-0.39, 0.29) is 17.5 Å². The van der Waals surface area contributed by atoms with Gasteiger partial charge in [-0.15, -0.1) is 5.10 Å². The first kappa shape index (κ1) is 14.3. The molecular formula is C15H13FN4O2S. The Morgan fingerprint density at radius 2 is 2.09 bits per heavy atom. The molecule has 0 saturated carbocycles. The first-order valence-corrected chi connectivity index (χ1v) is 7.99. The molecule has 23 heavy (non-hydrogen) atoms. The van der Waals surface area contributed by atoms with Crippen molar-refractivity contribution in [3.63, 3.8) is 0 Å². The van der Waals surface area contributed by atoms with Gasteiger partial charge < -0.3 is 9.64 Å². The van der Waals surface area contributed by atoms with Crippen LogP contribution in [0.25, 0.3) is 4.96 Å². The number of rotatable bonds is 2. The van der Waals surface area contributed by atoms with E-state index in [1.807, 2.05) is 0 Å². The molecule has 1 aliphatic rings. The van der Waals surface area contributed by atoms with E-state index in [2.05, 4.69) is 15.0 Å². The molecule has 1 atom stereocenters. The average Bonchev–Trinajstić information content (AvgIpc) is 3.01. The third kappa shape index (κ3) is 2.71. The van der Waals surface area contributed by atoms with E-state index >= 15 is 0 Å². The summed E-state index contributed by atoms with van der Waals surface area (Å²) in [5.41, 5.74) is 0.730. The highest BCUT2D eigenvalue weighted by Gasteiger charge is 2.24. The fourth-order valence-corrected chi connectivity index (χ4v) is 3.48. The second kappa shape index (κ2) is 5.71. The molecule has 1 saturated heterocycles. The summed E-state index contributed by atoms with van der Waals surface area (Å²) < 4.78 is 20.1. The minimum absolute atomic E-state index is 0.152. The molecule has 1 fully saturated rings. The first-order chi connectivity index (χ1) is 11.2.